The van der Waals surface area contributed by atoms with Gasteiger partial charge in [-0.15, -0.1) is 11.8 Å². The highest BCUT2D eigenvalue weighted by molar-refractivity contribution is 8.00. The van der Waals surface area contributed by atoms with E-state index in [1.54, 1.807) is 53.6 Å². The highest BCUT2D eigenvalue weighted by Gasteiger charge is 2.49. The molecular weight excluding hydrogens is 496 g/mol. The smallest absolute Gasteiger partial charge is 0.247 e. The summed E-state index contributed by atoms with van der Waals surface area (Å²) in [6.07, 6.45) is 0.926. The number of aliphatic hydroxyl groups excluding tert-OH is 1. The number of aromatic amines is 1. The molecule has 0 bridgehead atoms. The number of aromatic nitrogens is 1. The van der Waals surface area contributed by atoms with Crippen molar-refractivity contribution in [1.82, 2.24) is 4.98 Å². The molecule has 2 heterocycles. The van der Waals surface area contributed by atoms with E-state index < -0.39 is 6.10 Å². The molecule has 0 unspecified atom stereocenters. The van der Waals surface area contributed by atoms with Gasteiger partial charge in [-0.1, -0.05) is 48.0 Å². The second-order valence-corrected chi connectivity index (χ2v) is 10.2. The lowest BCUT2D eigenvalue weighted by Crippen LogP contribution is -2.57. The zero-order chi connectivity index (χ0) is 25.2. The van der Waals surface area contributed by atoms with Gasteiger partial charge >= 0.3 is 0 Å². The van der Waals surface area contributed by atoms with E-state index in [0.717, 1.165) is 27.9 Å². The van der Waals surface area contributed by atoms with Gasteiger partial charge in [0.25, 0.3) is 0 Å². The number of carbonyl (C=O) groups excluding carboxylic acids is 1. The maximum Gasteiger partial charge on any atom is 0.247 e. The largest absolute Gasteiger partial charge is 0.508 e. The number of halogens is 1. The van der Waals surface area contributed by atoms with Crippen molar-refractivity contribution in [2.45, 2.75) is 17.4 Å². The van der Waals surface area contributed by atoms with E-state index in [0.29, 0.717) is 10.8 Å². The molecule has 4 aromatic rings. The number of benzene rings is 3. The number of β-lactam (4-membered cyclic amide) rings is 1. The second kappa shape index (κ2) is 10.2. The summed E-state index contributed by atoms with van der Waals surface area (Å²) in [5, 5.41) is 20.6. The zero-order valence-corrected chi connectivity index (χ0v) is 20.6. The minimum absolute atomic E-state index is 0.0434. The quantitative estimate of drug-likeness (QED) is 0.288. The van der Waals surface area contributed by atoms with Gasteiger partial charge in [-0.05, 0) is 64.7 Å². The number of phenolic OH excluding ortho intramolecular Hbond substituents is 1. The summed E-state index contributed by atoms with van der Waals surface area (Å²) in [5.41, 5.74) is 4.02. The molecule has 1 aliphatic heterocycles. The Morgan fingerprint density at radius 3 is 2.19 bits per heavy atom. The average molecular weight is 519 g/mol. The monoisotopic (exact) mass is 518 g/mol. The van der Waals surface area contributed by atoms with Crippen molar-refractivity contribution in [3.8, 4) is 16.9 Å². The third-order valence-electron chi connectivity index (χ3n) is 6.23. The predicted molar refractivity (Wildman–Crippen MR) is 143 cm³/mol. The molecule has 3 atom stereocenters. The van der Waals surface area contributed by atoms with Gasteiger partial charge in [0.2, 0.25) is 11.5 Å². The number of aliphatic hydroxyl groups is 1. The summed E-state index contributed by atoms with van der Waals surface area (Å²) in [5.74, 6) is 0.466. The van der Waals surface area contributed by atoms with E-state index >= 15 is 0 Å². The fourth-order valence-electron chi connectivity index (χ4n) is 4.29. The van der Waals surface area contributed by atoms with Crippen LogP contribution in [0.1, 0.15) is 23.3 Å². The molecule has 1 aromatic heterocycles. The first-order valence-electron chi connectivity index (χ1n) is 11.4. The Morgan fingerprint density at radius 1 is 0.889 bits per heavy atom. The lowest BCUT2D eigenvalue weighted by Gasteiger charge is -2.47. The number of anilines is 1. The lowest BCUT2D eigenvalue weighted by molar-refractivity contribution is -0.123. The van der Waals surface area contributed by atoms with Crippen molar-refractivity contribution in [2.24, 2.45) is 0 Å². The molecule has 1 aliphatic rings. The Morgan fingerprint density at radius 2 is 1.56 bits per heavy atom. The van der Waals surface area contributed by atoms with E-state index in [1.807, 2.05) is 36.4 Å². The van der Waals surface area contributed by atoms with Crippen molar-refractivity contribution in [1.29, 1.82) is 0 Å². The molecular formula is C28H23ClN2O4S. The first-order chi connectivity index (χ1) is 17.4. The number of thioether (sulfide) groups is 1. The zero-order valence-electron chi connectivity index (χ0n) is 19.0. The van der Waals surface area contributed by atoms with Gasteiger partial charge in [0.05, 0.1) is 12.1 Å². The summed E-state index contributed by atoms with van der Waals surface area (Å²) < 4.78 is 0. The number of amides is 1. The van der Waals surface area contributed by atoms with Crippen LogP contribution in [0.3, 0.4) is 0 Å². The fraction of sp³-hybridized carbons (Fsp3) is 0.143. The molecule has 1 amide bonds. The molecule has 0 radical (unpaired) electrons. The van der Waals surface area contributed by atoms with Crippen LogP contribution in [0.5, 0.6) is 5.75 Å². The van der Waals surface area contributed by atoms with Crippen LogP contribution in [0.25, 0.3) is 11.1 Å². The Hall–Kier alpha value is -3.52. The molecule has 1 saturated heterocycles. The van der Waals surface area contributed by atoms with Gasteiger partial charge < -0.3 is 20.1 Å². The minimum Gasteiger partial charge on any atom is -0.508 e. The van der Waals surface area contributed by atoms with Gasteiger partial charge in [0.15, 0.2) is 0 Å². The van der Waals surface area contributed by atoms with Gasteiger partial charge in [-0.2, -0.15) is 0 Å². The summed E-state index contributed by atoms with van der Waals surface area (Å²) in [6.45, 7) is 0. The molecule has 1 fully saturated rings. The van der Waals surface area contributed by atoms with E-state index in [4.69, 9.17) is 11.6 Å². The van der Waals surface area contributed by atoms with Crippen LogP contribution in [-0.2, 0) is 4.79 Å². The van der Waals surface area contributed by atoms with Crippen molar-refractivity contribution >= 4 is 35.0 Å². The standard InChI is InChI=1S/C28H23ClN2O4S/c29-21-8-1-18(2-9-21)24(33)16-36-27-26(19-5-12-23(32)13-6-19)31(28(27)35)22-10-3-17(4-11-22)20-7-14-25(34)30-15-20/h1-15,24,26-27,32-33H,16H2,(H,30,34)/t24-,26-,27-/m1/s1. The number of H-pyrrole nitrogens is 1. The number of pyridine rings is 1. The summed E-state index contributed by atoms with van der Waals surface area (Å²) in [7, 11) is 0. The average Bonchev–Trinajstić information content (AvgIpc) is 2.89. The number of rotatable bonds is 7. The second-order valence-electron chi connectivity index (χ2n) is 8.55. The number of aromatic hydroxyl groups is 1. The van der Waals surface area contributed by atoms with E-state index in [2.05, 4.69) is 4.98 Å². The number of nitrogens with zero attached hydrogens (tertiary/aromatic N) is 1. The maximum atomic E-state index is 13.3. The Bertz CT molecular complexity index is 1400. The van der Waals surface area contributed by atoms with Crippen LogP contribution in [0.4, 0.5) is 5.69 Å². The van der Waals surface area contributed by atoms with E-state index in [1.165, 1.54) is 17.8 Å². The highest BCUT2D eigenvalue weighted by atomic mass is 35.5. The molecule has 5 rings (SSSR count). The Balaban J connectivity index is 1.37. The van der Waals surface area contributed by atoms with Crippen LogP contribution in [-0.4, -0.2) is 32.1 Å². The van der Waals surface area contributed by atoms with Crippen LogP contribution in [0, 0.1) is 0 Å². The third kappa shape index (κ3) is 4.91. The fourth-order valence-corrected chi connectivity index (χ4v) is 5.71. The van der Waals surface area contributed by atoms with Crippen molar-refractivity contribution in [2.75, 3.05) is 10.7 Å². The molecule has 0 aliphatic carbocycles. The first-order valence-corrected chi connectivity index (χ1v) is 12.8. The molecule has 36 heavy (non-hydrogen) atoms. The van der Waals surface area contributed by atoms with Crippen LogP contribution < -0.4 is 10.5 Å². The normalized spacial score (nSPS) is 18.1. The summed E-state index contributed by atoms with van der Waals surface area (Å²) in [6, 6.07) is 24.5. The highest BCUT2D eigenvalue weighted by Crippen LogP contribution is 2.46. The lowest BCUT2D eigenvalue weighted by atomic mass is 9.92. The SMILES string of the molecule is O=C1[C@H](SC[C@@H](O)c2ccc(Cl)cc2)[C@@H](c2ccc(O)cc2)N1c1ccc(-c2ccc(=O)[nH]c2)cc1. The number of nitrogens with one attached hydrogen (secondary N) is 1. The van der Waals surface area contributed by atoms with Crippen LogP contribution in [0.15, 0.2) is 95.9 Å². The molecule has 3 N–H and O–H groups in total. The van der Waals surface area contributed by atoms with Gasteiger partial charge in [-0.25, -0.2) is 0 Å². The molecule has 0 spiro atoms. The minimum atomic E-state index is -0.730. The third-order valence-corrected chi connectivity index (χ3v) is 7.81. The van der Waals surface area contributed by atoms with Gasteiger partial charge in [0.1, 0.15) is 11.0 Å². The summed E-state index contributed by atoms with van der Waals surface area (Å²) in [4.78, 5) is 29.1. The van der Waals surface area contributed by atoms with E-state index in [-0.39, 0.29) is 28.5 Å². The molecule has 8 heteroatoms. The number of hydrogen-bond acceptors (Lipinski definition) is 5. The topological polar surface area (TPSA) is 93.6 Å². The molecule has 0 saturated carbocycles. The van der Waals surface area contributed by atoms with Crippen molar-refractivity contribution in [3.63, 3.8) is 0 Å². The number of phenols is 1. The molecule has 6 nitrogen and oxygen atoms in total. The van der Waals surface area contributed by atoms with Gasteiger partial charge in [-0.3, -0.25) is 9.59 Å². The van der Waals surface area contributed by atoms with E-state index in [9.17, 15) is 19.8 Å². The molecule has 3 aromatic carbocycles. The van der Waals surface area contributed by atoms with Crippen LogP contribution >= 0.6 is 23.4 Å². The number of hydrogen-bond donors (Lipinski definition) is 3. The first kappa shape index (κ1) is 24.2. The van der Waals surface area contributed by atoms with Crippen molar-refractivity contribution < 1.29 is 15.0 Å². The molecule has 182 valence electrons. The summed E-state index contributed by atoms with van der Waals surface area (Å²) >= 11 is 7.36. The van der Waals surface area contributed by atoms with Gasteiger partial charge in [0, 0.05) is 28.7 Å². The Labute approximate surface area is 217 Å². The number of carbonyl (C=O) groups is 1. The predicted octanol–water partition coefficient (Wildman–Crippen LogP) is 5.32. The Kier molecular flexibility index (Phi) is 6.87. The maximum absolute atomic E-state index is 13.3. The van der Waals surface area contributed by atoms with Crippen LogP contribution in [0.2, 0.25) is 5.02 Å². The van der Waals surface area contributed by atoms with Crippen molar-refractivity contribution in [3.05, 3.63) is 118 Å².